The van der Waals surface area contributed by atoms with Crippen molar-refractivity contribution in [3.63, 3.8) is 0 Å². The number of aliphatic hydroxyl groups excluding tert-OH is 1. The van der Waals surface area contributed by atoms with E-state index >= 15 is 0 Å². The standard InChI is InChI=1S/C19H22FN7O/c1-11(2)22-18-24-17(14-4-3-5-15(28)16(14)20)25-19(26-18)23-12-6-7-13-8-9-21-27(13)10-12/h6-11,15,28H,3-5H2,1-2H3,(H2,22,23,24,25,26). The summed E-state index contributed by atoms with van der Waals surface area (Å²) < 4.78 is 16.2. The first-order valence-corrected chi connectivity index (χ1v) is 9.29. The number of rotatable bonds is 5. The van der Waals surface area contributed by atoms with E-state index in [9.17, 15) is 9.50 Å². The molecule has 0 aliphatic heterocycles. The zero-order valence-corrected chi connectivity index (χ0v) is 15.7. The van der Waals surface area contributed by atoms with Gasteiger partial charge in [0.1, 0.15) is 11.9 Å². The molecule has 0 saturated heterocycles. The molecule has 0 amide bonds. The fourth-order valence-electron chi connectivity index (χ4n) is 3.14. The highest BCUT2D eigenvalue weighted by atomic mass is 19.1. The Morgan fingerprint density at radius 3 is 2.82 bits per heavy atom. The van der Waals surface area contributed by atoms with Gasteiger partial charge >= 0.3 is 0 Å². The van der Waals surface area contributed by atoms with Crippen LogP contribution in [0.5, 0.6) is 0 Å². The SMILES string of the molecule is CC(C)Nc1nc(Nc2ccc3ccnn3c2)nc(C2=C(F)C(O)CCC2)n1. The predicted molar refractivity (Wildman–Crippen MR) is 105 cm³/mol. The highest BCUT2D eigenvalue weighted by Gasteiger charge is 2.25. The molecule has 1 unspecified atom stereocenters. The smallest absolute Gasteiger partial charge is 0.232 e. The third-order valence-electron chi connectivity index (χ3n) is 4.46. The van der Waals surface area contributed by atoms with Crippen molar-refractivity contribution in [1.82, 2.24) is 24.6 Å². The van der Waals surface area contributed by atoms with Gasteiger partial charge in [0.05, 0.1) is 17.4 Å². The van der Waals surface area contributed by atoms with Crippen LogP contribution in [0.2, 0.25) is 0 Å². The first-order valence-electron chi connectivity index (χ1n) is 9.29. The molecule has 4 rings (SSSR count). The Hall–Kier alpha value is -3.07. The summed E-state index contributed by atoms with van der Waals surface area (Å²) in [5, 5.41) is 20.3. The van der Waals surface area contributed by atoms with Gasteiger partial charge in [-0.25, -0.2) is 8.91 Å². The number of hydrogen-bond donors (Lipinski definition) is 3. The van der Waals surface area contributed by atoms with E-state index in [1.807, 2.05) is 38.2 Å². The molecular formula is C19H22FN7O. The van der Waals surface area contributed by atoms with Crippen LogP contribution in [0.15, 0.2) is 36.4 Å². The summed E-state index contributed by atoms with van der Waals surface area (Å²) in [6.07, 6.45) is 4.01. The Morgan fingerprint density at radius 2 is 2.00 bits per heavy atom. The molecule has 3 aromatic heterocycles. The van der Waals surface area contributed by atoms with E-state index in [0.717, 1.165) is 11.2 Å². The van der Waals surface area contributed by atoms with E-state index in [1.165, 1.54) is 0 Å². The van der Waals surface area contributed by atoms with Crippen molar-refractivity contribution in [3.8, 4) is 0 Å². The average Bonchev–Trinajstić information content (AvgIpc) is 3.11. The van der Waals surface area contributed by atoms with Crippen molar-refractivity contribution >= 4 is 28.7 Å². The van der Waals surface area contributed by atoms with Gasteiger partial charge in [0, 0.05) is 17.8 Å². The van der Waals surface area contributed by atoms with E-state index in [0.29, 0.717) is 36.7 Å². The number of nitrogens with one attached hydrogen (secondary N) is 2. The minimum Gasteiger partial charge on any atom is -0.386 e. The van der Waals surface area contributed by atoms with Crippen LogP contribution in [-0.4, -0.2) is 41.8 Å². The predicted octanol–water partition coefficient (Wildman–Crippen LogP) is 3.31. The molecule has 0 spiro atoms. The number of nitrogens with zero attached hydrogens (tertiary/aromatic N) is 5. The molecule has 0 radical (unpaired) electrons. The molecule has 8 nitrogen and oxygen atoms in total. The summed E-state index contributed by atoms with van der Waals surface area (Å²) in [5.74, 6) is 0.317. The fraction of sp³-hybridized carbons (Fsp3) is 0.368. The van der Waals surface area contributed by atoms with Gasteiger partial charge in [-0.3, -0.25) is 0 Å². The van der Waals surface area contributed by atoms with Crippen molar-refractivity contribution in [2.75, 3.05) is 10.6 Å². The van der Waals surface area contributed by atoms with E-state index in [1.54, 1.807) is 10.7 Å². The summed E-state index contributed by atoms with van der Waals surface area (Å²) in [4.78, 5) is 13.2. The second-order valence-corrected chi connectivity index (χ2v) is 7.08. The Morgan fingerprint density at radius 1 is 1.18 bits per heavy atom. The van der Waals surface area contributed by atoms with Crippen LogP contribution in [-0.2, 0) is 0 Å². The number of anilines is 3. The van der Waals surface area contributed by atoms with Crippen LogP contribution >= 0.6 is 0 Å². The number of fused-ring (bicyclic) bond motifs is 1. The van der Waals surface area contributed by atoms with Crippen molar-refractivity contribution < 1.29 is 9.50 Å². The highest BCUT2D eigenvalue weighted by molar-refractivity contribution is 5.66. The molecule has 3 aromatic rings. The lowest BCUT2D eigenvalue weighted by Crippen LogP contribution is -2.18. The summed E-state index contributed by atoms with van der Waals surface area (Å²) in [6, 6.07) is 5.81. The number of hydrogen-bond acceptors (Lipinski definition) is 7. The highest BCUT2D eigenvalue weighted by Crippen LogP contribution is 2.32. The molecule has 0 saturated carbocycles. The van der Waals surface area contributed by atoms with Gasteiger partial charge in [-0.15, -0.1) is 0 Å². The number of allylic oxidation sites excluding steroid dienone is 1. The Kier molecular flexibility index (Phi) is 4.91. The second-order valence-electron chi connectivity index (χ2n) is 7.08. The van der Waals surface area contributed by atoms with Crippen molar-refractivity contribution in [2.45, 2.75) is 45.3 Å². The second kappa shape index (κ2) is 7.51. The van der Waals surface area contributed by atoms with E-state index in [2.05, 4.69) is 30.7 Å². The summed E-state index contributed by atoms with van der Waals surface area (Å²) in [7, 11) is 0. The van der Waals surface area contributed by atoms with Crippen LogP contribution in [0.4, 0.5) is 22.0 Å². The third kappa shape index (κ3) is 3.79. The van der Waals surface area contributed by atoms with Crippen LogP contribution in [0.1, 0.15) is 38.9 Å². The molecule has 1 atom stereocenters. The lowest BCUT2D eigenvalue weighted by atomic mass is 9.96. The van der Waals surface area contributed by atoms with Gasteiger partial charge in [0.15, 0.2) is 5.82 Å². The molecular weight excluding hydrogens is 361 g/mol. The maximum absolute atomic E-state index is 14.5. The minimum atomic E-state index is -1.10. The van der Waals surface area contributed by atoms with E-state index in [4.69, 9.17) is 0 Å². The zero-order valence-electron chi connectivity index (χ0n) is 15.7. The largest absolute Gasteiger partial charge is 0.386 e. The lowest BCUT2D eigenvalue weighted by Gasteiger charge is -2.19. The molecule has 3 heterocycles. The Labute approximate surface area is 161 Å². The molecule has 28 heavy (non-hydrogen) atoms. The zero-order chi connectivity index (χ0) is 19.7. The molecule has 0 bridgehead atoms. The van der Waals surface area contributed by atoms with Gasteiger partial charge in [-0.2, -0.15) is 20.1 Å². The molecule has 146 valence electrons. The van der Waals surface area contributed by atoms with Crippen LogP contribution in [0.3, 0.4) is 0 Å². The maximum Gasteiger partial charge on any atom is 0.232 e. The van der Waals surface area contributed by atoms with Crippen LogP contribution < -0.4 is 10.6 Å². The monoisotopic (exact) mass is 383 g/mol. The first-order chi connectivity index (χ1) is 13.5. The molecule has 1 aliphatic rings. The Balaban J connectivity index is 1.72. The number of halogens is 1. The van der Waals surface area contributed by atoms with Gasteiger partial charge in [-0.1, -0.05) is 0 Å². The molecule has 0 fully saturated rings. The van der Waals surface area contributed by atoms with Gasteiger partial charge in [0.25, 0.3) is 0 Å². The summed E-state index contributed by atoms with van der Waals surface area (Å²) in [6.45, 7) is 3.93. The summed E-state index contributed by atoms with van der Waals surface area (Å²) in [5.41, 5.74) is 2.04. The molecule has 3 N–H and O–H groups in total. The number of aromatic nitrogens is 5. The topological polar surface area (TPSA) is 100 Å². The maximum atomic E-state index is 14.5. The fourth-order valence-corrected chi connectivity index (χ4v) is 3.14. The molecule has 9 heteroatoms. The Bertz CT molecular complexity index is 1030. The van der Waals surface area contributed by atoms with Gasteiger partial charge < -0.3 is 15.7 Å². The number of aliphatic hydroxyl groups is 1. The summed E-state index contributed by atoms with van der Waals surface area (Å²) >= 11 is 0. The van der Waals surface area contributed by atoms with Crippen molar-refractivity contribution in [3.05, 3.63) is 42.2 Å². The van der Waals surface area contributed by atoms with Gasteiger partial charge in [0.2, 0.25) is 11.9 Å². The minimum absolute atomic E-state index is 0.0966. The molecule has 1 aliphatic carbocycles. The first kappa shape index (κ1) is 18.3. The van der Waals surface area contributed by atoms with Crippen molar-refractivity contribution in [2.24, 2.45) is 0 Å². The van der Waals surface area contributed by atoms with Crippen LogP contribution in [0.25, 0.3) is 11.1 Å². The average molecular weight is 383 g/mol. The van der Waals surface area contributed by atoms with Gasteiger partial charge in [-0.05, 0) is 51.3 Å². The third-order valence-corrected chi connectivity index (χ3v) is 4.46. The van der Waals surface area contributed by atoms with E-state index < -0.39 is 11.9 Å². The normalized spacial score (nSPS) is 17.4. The molecule has 0 aromatic carbocycles. The quantitative estimate of drug-likeness (QED) is 0.621. The van der Waals surface area contributed by atoms with Crippen molar-refractivity contribution in [1.29, 1.82) is 0 Å². The van der Waals surface area contributed by atoms with Crippen LogP contribution in [0, 0.1) is 0 Å². The van der Waals surface area contributed by atoms with E-state index in [-0.39, 0.29) is 11.9 Å². The number of pyridine rings is 1. The lowest BCUT2D eigenvalue weighted by molar-refractivity contribution is 0.165.